The third kappa shape index (κ3) is 26.0. The van der Waals surface area contributed by atoms with Gasteiger partial charge in [0.05, 0.1) is 32.0 Å². The molecule has 12 unspecified atom stereocenters. The lowest BCUT2D eigenvalue weighted by Crippen LogP contribution is -2.65. The van der Waals surface area contributed by atoms with Gasteiger partial charge in [0.1, 0.15) is 48.8 Å². The fourth-order valence-electron chi connectivity index (χ4n) is 9.18. The Bertz CT molecular complexity index is 1100. The molecule has 2 heterocycles. The summed E-state index contributed by atoms with van der Waals surface area (Å²) in [6, 6.07) is -0.818. The van der Waals surface area contributed by atoms with E-state index in [1.54, 1.807) is 0 Å². The number of rotatable bonds is 42. The summed E-state index contributed by atoms with van der Waals surface area (Å²) in [5.74, 6) is -0.214. The minimum absolute atomic E-state index is 0.214. The molecule has 65 heavy (non-hydrogen) atoms. The van der Waals surface area contributed by atoms with Gasteiger partial charge in [0.25, 0.3) is 0 Å². The van der Waals surface area contributed by atoms with Gasteiger partial charge in [0.15, 0.2) is 12.6 Å². The molecule has 386 valence electrons. The van der Waals surface area contributed by atoms with Crippen LogP contribution in [0.2, 0.25) is 0 Å². The number of hydrogen-bond donors (Lipinski definition) is 9. The van der Waals surface area contributed by atoms with Crippen LogP contribution >= 0.6 is 0 Å². The average Bonchev–Trinajstić information content (AvgIpc) is 3.30. The second-order valence-electron chi connectivity index (χ2n) is 19.4. The van der Waals surface area contributed by atoms with Crippen LogP contribution in [0.1, 0.15) is 226 Å². The summed E-state index contributed by atoms with van der Waals surface area (Å²) in [6.45, 7) is 2.69. The summed E-state index contributed by atoms with van der Waals surface area (Å²) in [5, 5.41) is 86.0. The van der Waals surface area contributed by atoms with Crippen molar-refractivity contribution in [1.29, 1.82) is 0 Å². The largest absolute Gasteiger partial charge is 0.394 e. The van der Waals surface area contributed by atoms with Crippen molar-refractivity contribution in [2.24, 2.45) is 0 Å². The fourth-order valence-corrected chi connectivity index (χ4v) is 9.18. The molecule has 0 spiro atoms. The molecule has 9 N–H and O–H groups in total. The van der Waals surface area contributed by atoms with Crippen LogP contribution in [0.5, 0.6) is 0 Å². The monoisotopic (exact) mass is 934 g/mol. The van der Waals surface area contributed by atoms with E-state index < -0.39 is 86.8 Å². The Balaban J connectivity index is 1.54. The van der Waals surface area contributed by atoms with Gasteiger partial charge >= 0.3 is 0 Å². The predicted molar refractivity (Wildman–Crippen MR) is 254 cm³/mol. The number of ether oxygens (including phenoxy) is 4. The van der Waals surface area contributed by atoms with Crippen LogP contribution in [0.3, 0.4) is 0 Å². The smallest absolute Gasteiger partial charge is 0.220 e. The van der Waals surface area contributed by atoms with Gasteiger partial charge < -0.3 is 65.1 Å². The Hall–Kier alpha value is -1.01. The van der Waals surface area contributed by atoms with E-state index in [9.17, 15) is 45.6 Å². The van der Waals surface area contributed by atoms with Crippen molar-refractivity contribution in [3.63, 3.8) is 0 Å². The van der Waals surface area contributed by atoms with Crippen molar-refractivity contribution in [1.82, 2.24) is 5.32 Å². The number of amides is 1. The van der Waals surface area contributed by atoms with Crippen molar-refractivity contribution < 1.29 is 64.6 Å². The molecule has 14 nitrogen and oxygen atoms in total. The lowest BCUT2D eigenvalue weighted by atomic mass is 9.97. The SMILES string of the molecule is CCCCCCCCCCCCCCCCCCCCCCCCCCCCCCC(=O)NC(COC1OC(CO)C(OC2OC(CO)C(O)C(O)C2O)C(O)C1O)C(O)CCCCC. The van der Waals surface area contributed by atoms with Crippen molar-refractivity contribution in [3.05, 3.63) is 0 Å². The first-order chi connectivity index (χ1) is 31.6. The molecule has 0 aromatic carbocycles. The van der Waals surface area contributed by atoms with Crippen molar-refractivity contribution in [3.8, 4) is 0 Å². The zero-order valence-electron chi connectivity index (χ0n) is 41.0. The molecule has 0 aromatic rings. The van der Waals surface area contributed by atoms with Gasteiger partial charge in [-0.2, -0.15) is 0 Å². The lowest BCUT2D eigenvalue weighted by molar-refractivity contribution is -0.359. The number of aliphatic hydroxyl groups is 8. The average molecular weight is 934 g/mol. The first-order valence-electron chi connectivity index (χ1n) is 26.8. The normalized spacial score (nSPS) is 26.9. The van der Waals surface area contributed by atoms with E-state index in [-0.39, 0.29) is 12.5 Å². The standard InChI is InChI=1S/C51H99NO13/c1-3-5-7-8-9-10-11-12-13-14-15-16-17-18-19-20-21-22-23-24-25-26-27-28-29-30-31-33-35-43(56)52-39(40(55)34-32-6-4-2)38-62-50-48(61)46(59)49(42(37-54)64-50)65-51-47(60)45(58)44(57)41(36-53)63-51/h39-42,44-51,53-55,57-61H,3-38H2,1-2H3,(H,52,56). The first kappa shape index (κ1) is 60.1. The Labute approximate surface area is 393 Å². The van der Waals surface area contributed by atoms with E-state index in [0.29, 0.717) is 12.8 Å². The van der Waals surface area contributed by atoms with E-state index in [4.69, 9.17) is 18.9 Å². The minimum atomic E-state index is -1.78. The van der Waals surface area contributed by atoms with Crippen LogP contribution in [0.15, 0.2) is 0 Å². The van der Waals surface area contributed by atoms with Gasteiger partial charge in [-0.3, -0.25) is 4.79 Å². The maximum atomic E-state index is 13.0. The highest BCUT2D eigenvalue weighted by molar-refractivity contribution is 5.76. The van der Waals surface area contributed by atoms with Crippen LogP contribution < -0.4 is 5.32 Å². The zero-order chi connectivity index (χ0) is 47.5. The van der Waals surface area contributed by atoms with Crippen molar-refractivity contribution >= 4 is 5.91 Å². The second-order valence-corrected chi connectivity index (χ2v) is 19.4. The molecule has 0 bridgehead atoms. The van der Waals surface area contributed by atoms with Gasteiger partial charge in [-0.1, -0.05) is 206 Å². The number of nitrogens with one attached hydrogen (secondary N) is 1. The van der Waals surface area contributed by atoms with E-state index in [1.165, 1.54) is 154 Å². The third-order valence-electron chi connectivity index (χ3n) is 13.6. The number of hydrogen-bond acceptors (Lipinski definition) is 13. The van der Waals surface area contributed by atoms with E-state index in [2.05, 4.69) is 19.2 Å². The maximum absolute atomic E-state index is 13.0. The highest BCUT2D eigenvalue weighted by atomic mass is 16.7. The molecule has 0 aliphatic carbocycles. The van der Waals surface area contributed by atoms with E-state index >= 15 is 0 Å². The second kappa shape index (κ2) is 38.8. The van der Waals surface area contributed by atoms with Crippen LogP contribution in [-0.2, 0) is 23.7 Å². The summed E-state index contributed by atoms with van der Waals surface area (Å²) < 4.78 is 22.5. The molecule has 14 heteroatoms. The molecule has 0 radical (unpaired) electrons. The van der Waals surface area contributed by atoms with Gasteiger partial charge in [0.2, 0.25) is 5.91 Å². The lowest BCUT2D eigenvalue weighted by Gasteiger charge is -2.46. The minimum Gasteiger partial charge on any atom is -0.394 e. The highest BCUT2D eigenvalue weighted by Crippen LogP contribution is 2.30. The Morgan fingerprint density at radius 2 is 0.877 bits per heavy atom. The molecule has 0 saturated carbocycles. The molecular weight excluding hydrogens is 835 g/mol. The third-order valence-corrected chi connectivity index (χ3v) is 13.6. The number of unbranched alkanes of at least 4 members (excludes halogenated alkanes) is 29. The maximum Gasteiger partial charge on any atom is 0.220 e. The number of aliphatic hydroxyl groups excluding tert-OH is 8. The van der Waals surface area contributed by atoms with Gasteiger partial charge in [0, 0.05) is 6.42 Å². The summed E-state index contributed by atoms with van der Waals surface area (Å²) in [4.78, 5) is 13.0. The van der Waals surface area contributed by atoms with E-state index in [1.807, 2.05) is 0 Å². The van der Waals surface area contributed by atoms with Crippen LogP contribution in [-0.4, -0.2) is 140 Å². The van der Waals surface area contributed by atoms with Gasteiger partial charge in [-0.05, 0) is 12.8 Å². The molecular formula is C51H99NO13. The molecule has 2 saturated heterocycles. The van der Waals surface area contributed by atoms with Crippen LogP contribution in [0, 0.1) is 0 Å². The first-order valence-corrected chi connectivity index (χ1v) is 26.8. The summed E-state index contributed by atoms with van der Waals surface area (Å²) in [6.07, 6.45) is 23.9. The van der Waals surface area contributed by atoms with Gasteiger partial charge in [-0.25, -0.2) is 0 Å². The molecule has 2 aliphatic heterocycles. The topological polar surface area (TPSA) is 228 Å². The Morgan fingerprint density at radius 1 is 0.492 bits per heavy atom. The quantitative estimate of drug-likeness (QED) is 0.0273. The molecule has 2 fully saturated rings. The van der Waals surface area contributed by atoms with Crippen LogP contribution in [0.25, 0.3) is 0 Å². The van der Waals surface area contributed by atoms with Crippen LogP contribution in [0.4, 0.5) is 0 Å². The summed E-state index contributed by atoms with van der Waals surface area (Å²) in [5.41, 5.74) is 0. The summed E-state index contributed by atoms with van der Waals surface area (Å²) >= 11 is 0. The highest BCUT2D eigenvalue weighted by Gasteiger charge is 2.51. The molecule has 2 rings (SSSR count). The van der Waals surface area contributed by atoms with E-state index in [0.717, 1.165) is 44.9 Å². The Kier molecular flexibility index (Phi) is 35.9. The van der Waals surface area contributed by atoms with Crippen molar-refractivity contribution in [2.45, 2.75) is 299 Å². The molecule has 1 amide bonds. The van der Waals surface area contributed by atoms with Gasteiger partial charge in [-0.15, -0.1) is 0 Å². The Morgan fingerprint density at radius 3 is 1.31 bits per heavy atom. The number of carbonyl (C=O) groups is 1. The molecule has 2 aliphatic rings. The molecule has 0 aromatic heterocycles. The predicted octanol–water partition coefficient (Wildman–Crippen LogP) is 7.39. The summed E-state index contributed by atoms with van der Waals surface area (Å²) in [7, 11) is 0. The molecule has 12 atom stereocenters. The fraction of sp³-hybridized carbons (Fsp3) is 0.980. The van der Waals surface area contributed by atoms with Crippen molar-refractivity contribution in [2.75, 3.05) is 19.8 Å². The zero-order valence-corrected chi connectivity index (χ0v) is 41.0. The number of carbonyl (C=O) groups excluding carboxylic acids is 1.